The van der Waals surface area contributed by atoms with Crippen LogP contribution >= 0.6 is 0 Å². The van der Waals surface area contributed by atoms with Gasteiger partial charge in [-0.3, -0.25) is 9.69 Å². The quantitative estimate of drug-likeness (QED) is 0.744. The zero-order valence-electron chi connectivity index (χ0n) is 13.6. The maximum absolute atomic E-state index is 11.6. The summed E-state index contributed by atoms with van der Waals surface area (Å²) in [5.74, 6) is -0.728. The van der Waals surface area contributed by atoms with E-state index in [1.165, 1.54) is 32.4 Å². The first kappa shape index (κ1) is 16.7. The van der Waals surface area contributed by atoms with Gasteiger partial charge >= 0.3 is 5.97 Å². The van der Waals surface area contributed by atoms with Gasteiger partial charge in [0.2, 0.25) is 0 Å². The van der Waals surface area contributed by atoms with Crippen molar-refractivity contribution in [2.24, 2.45) is 0 Å². The summed E-state index contributed by atoms with van der Waals surface area (Å²) in [5, 5.41) is 12.7. The number of carboxylic acid groups (broad SMARTS) is 1. The Balaban J connectivity index is 1.86. The fraction of sp³-hybridized carbons (Fsp3) is 0.938. The van der Waals surface area contributed by atoms with Gasteiger partial charge in [0.25, 0.3) is 0 Å². The Morgan fingerprint density at radius 3 is 2.81 bits per heavy atom. The van der Waals surface area contributed by atoms with Gasteiger partial charge in [0.1, 0.15) is 5.54 Å². The zero-order chi connectivity index (χ0) is 15.3. The van der Waals surface area contributed by atoms with Crippen molar-refractivity contribution in [3.8, 4) is 0 Å². The first-order valence-corrected chi connectivity index (χ1v) is 8.50. The van der Waals surface area contributed by atoms with Crippen LogP contribution in [0, 0.1) is 0 Å². The Labute approximate surface area is 128 Å². The molecule has 0 aromatic carbocycles. The van der Waals surface area contributed by atoms with E-state index in [0.29, 0.717) is 12.5 Å². The normalized spacial score (nSPS) is 27.0. The molecule has 21 heavy (non-hydrogen) atoms. The third-order valence-corrected chi connectivity index (χ3v) is 5.05. The first-order chi connectivity index (χ1) is 10.0. The number of nitrogens with zero attached hydrogens (tertiary/aromatic N) is 2. The molecule has 0 aromatic rings. The molecule has 2 unspecified atom stereocenters. The minimum atomic E-state index is -0.794. The fourth-order valence-corrected chi connectivity index (χ4v) is 3.54. The van der Waals surface area contributed by atoms with E-state index in [0.717, 1.165) is 32.6 Å². The van der Waals surface area contributed by atoms with Gasteiger partial charge in [0.15, 0.2) is 0 Å². The molecule has 2 aliphatic rings. The van der Waals surface area contributed by atoms with Crippen LogP contribution in [-0.2, 0) is 4.79 Å². The molecule has 0 amide bonds. The van der Waals surface area contributed by atoms with Crippen LogP contribution in [0.5, 0.6) is 0 Å². The summed E-state index contributed by atoms with van der Waals surface area (Å²) in [6, 6.07) is 0.701. The lowest BCUT2D eigenvalue weighted by Crippen LogP contribution is -2.52. The van der Waals surface area contributed by atoms with Crippen molar-refractivity contribution in [3.05, 3.63) is 0 Å². The third-order valence-electron chi connectivity index (χ3n) is 5.05. The highest BCUT2D eigenvalue weighted by atomic mass is 16.4. The van der Waals surface area contributed by atoms with Crippen molar-refractivity contribution in [2.75, 3.05) is 39.3 Å². The van der Waals surface area contributed by atoms with E-state index in [-0.39, 0.29) is 0 Å². The average Bonchev–Trinajstić information content (AvgIpc) is 2.80. The number of aliphatic carboxylic acids is 1. The van der Waals surface area contributed by atoms with Gasteiger partial charge < -0.3 is 15.3 Å². The van der Waals surface area contributed by atoms with Crippen LogP contribution in [0.1, 0.15) is 46.0 Å². The third kappa shape index (κ3) is 4.41. The number of carboxylic acids is 1. The lowest BCUT2D eigenvalue weighted by atomic mass is 9.97. The van der Waals surface area contributed by atoms with Crippen LogP contribution in [0.2, 0.25) is 0 Å². The molecule has 2 rings (SSSR count). The SMILES string of the molecule is CCCNC(C)(CCN1CCCN2CCCC2C1)C(=O)O. The van der Waals surface area contributed by atoms with Crippen molar-refractivity contribution in [1.29, 1.82) is 0 Å². The van der Waals surface area contributed by atoms with Crippen LogP contribution in [0.3, 0.4) is 0 Å². The Bertz CT molecular complexity index is 350. The summed E-state index contributed by atoms with van der Waals surface area (Å²) in [5.41, 5.74) is -0.794. The van der Waals surface area contributed by atoms with E-state index in [4.69, 9.17) is 0 Å². The molecular weight excluding hydrogens is 266 g/mol. The predicted molar refractivity (Wildman–Crippen MR) is 84.6 cm³/mol. The molecule has 0 bridgehead atoms. The van der Waals surface area contributed by atoms with E-state index in [2.05, 4.69) is 22.0 Å². The predicted octanol–water partition coefficient (Wildman–Crippen LogP) is 1.39. The van der Waals surface area contributed by atoms with Crippen LogP contribution in [0.15, 0.2) is 0 Å². The van der Waals surface area contributed by atoms with Gasteiger partial charge in [-0.2, -0.15) is 0 Å². The molecule has 122 valence electrons. The number of nitrogens with one attached hydrogen (secondary N) is 1. The molecule has 2 saturated heterocycles. The first-order valence-electron chi connectivity index (χ1n) is 8.50. The molecule has 2 N–H and O–H groups in total. The van der Waals surface area contributed by atoms with Crippen molar-refractivity contribution in [3.63, 3.8) is 0 Å². The second kappa shape index (κ2) is 7.56. The van der Waals surface area contributed by atoms with Crippen molar-refractivity contribution < 1.29 is 9.90 Å². The van der Waals surface area contributed by atoms with Crippen LogP contribution in [0.4, 0.5) is 0 Å². The number of carbonyl (C=O) groups is 1. The molecule has 0 radical (unpaired) electrons. The van der Waals surface area contributed by atoms with E-state index in [9.17, 15) is 9.90 Å². The molecule has 2 heterocycles. The van der Waals surface area contributed by atoms with Crippen LogP contribution in [0.25, 0.3) is 0 Å². The van der Waals surface area contributed by atoms with Gasteiger partial charge in [-0.05, 0) is 65.2 Å². The molecule has 0 saturated carbocycles. The number of hydrogen-bond donors (Lipinski definition) is 2. The summed E-state index contributed by atoms with van der Waals surface area (Å²) in [6.45, 7) is 10.2. The van der Waals surface area contributed by atoms with E-state index < -0.39 is 11.5 Å². The number of hydrogen-bond acceptors (Lipinski definition) is 4. The highest BCUT2D eigenvalue weighted by Gasteiger charge is 2.34. The van der Waals surface area contributed by atoms with Gasteiger partial charge in [0.05, 0.1) is 0 Å². The molecular formula is C16H31N3O2. The van der Waals surface area contributed by atoms with Crippen molar-refractivity contribution >= 4 is 5.97 Å². The Hall–Kier alpha value is -0.650. The van der Waals surface area contributed by atoms with Crippen LogP contribution < -0.4 is 5.32 Å². The molecule has 0 aromatic heterocycles. The van der Waals surface area contributed by atoms with Crippen molar-refractivity contribution in [1.82, 2.24) is 15.1 Å². The minimum Gasteiger partial charge on any atom is -0.480 e. The van der Waals surface area contributed by atoms with E-state index in [1.54, 1.807) is 0 Å². The maximum Gasteiger partial charge on any atom is 0.323 e. The zero-order valence-corrected chi connectivity index (χ0v) is 13.6. The summed E-state index contributed by atoms with van der Waals surface area (Å²) in [4.78, 5) is 16.7. The lowest BCUT2D eigenvalue weighted by Gasteiger charge is -2.31. The molecule has 0 spiro atoms. The average molecular weight is 297 g/mol. The summed E-state index contributed by atoms with van der Waals surface area (Å²) in [7, 11) is 0. The monoisotopic (exact) mass is 297 g/mol. The highest BCUT2D eigenvalue weighted by Crippen LogP contribution is 2.22. The Morgan fingerprint density at radius 1 is 1.33 bits per heavy atom. The minimum absolute atomic E-state index is 0.676. The van der Waals surface area contributed by atoms with Crippen molar-refractivity contribution in [2.45, 2.75) is 57.5 Å². The molecule has 0 aliphatic carbocycles. The van der Waals surface area contributed by atoms with E-state index >= 15 is 0 Å². The maximum atomic E-state index is 11.6. The second-order valence-corrected chi connectivity index (χ2v) is 6.80. The van der Waals surface area contributed by atoms with Crippen LogP contribution in [-0.4, -0.2) is 71.7 Å². The standard InChI is InChI=1S/C16H31N3O2/c1-3-8-17-16(2,15(20)21)7-12-18-9-5-11-19-10-4-6-14(19)13-18/h14,17H,3-13H2,1-2H3,(H,20,21). The molecule has 5 heteroatoms. The van der Waals surface area contributed by atoms with Gasteiger partial charge in [-0.15, -0.1) is 0 Å². The molecule has 2 fully saturated rings. The second-order valence-electron chi connectivity index (χ2n) is 6.80. The molecule has 2 aliphatic heterocycles. The molecule has 2 atom stereocenters. The van der Waals surface area contributed by atoms with Gasteiger partial charge in [-0.1, -0.05) is 6.92 Å². The number of fused-ring (bicyclic) bond motifs is 1. The smallest absolute Gasteiger partial charge is 0.323 e. The van der Waals surface area contributed by atoms with Gasteiger partial charge in [0, 0.05) is 19.1 Å². The topological polar surface area (TPSA) is 55.8 Å². The van der Waals surface area contributed by atoms with E-state index in [1.807, 2.05) is 6.92 Å². The number of rotatable bonds is 7. The Kier molecular flexibility index (Phi) is 6.02. The largest absolute Gasteiger partial charge is 0.480 e. The fourth-order valence-electron chi connectivity index (χ4n) is 3.54. The Morgan fingerprint density at radius 2 is 2.10 bits per heavy atom. The highest BCUT2D eigenvalue weighted by molar-refractivity contribution is 5.78. The summed E-state index contributed by atoms with van der Waals surface area (Å²) < 4.78 is 0. The summed E-state index contributed by atoms with van der Waals surface area (Å²) >= 11 is 0. The summed E-state index contributed by atoms with van der Waals surface area (Å²) in [6.07, 6.45) is 5.48. The lowest BCUT2D eigenvalue weighted by molar-refractivity contribution is -0.144. The van der Waals surface area contributed by atoms with Gasteiger partial charge in [-0.25, -0.2) is 0 Å². The molecule has 5 nitrogen and oxygen atoms in total.